The Bertz CT molecular complexity index is 862. The number of aromatic nitrogens is 2. The monoisotopic (exact) mass is 430 g/mol. The third-order valence-electron chi connectivity index (χ3n) is 5.30. The number of benzene rings is 1. The van der Waals surface area contributed by atoms with Crippen molar-refractivity contribution in [3.63, 3.8) is 0 Å². The van der Waals surface area contributed by atoms with Gasteiger partial charge in [-0.25, -0.2) is 4.79 Å². The Labute approximate surface area is 179 Å². The van der Waals surface area contributed by atoms with Crippen LogP contribution in [0.5, 0.6) is 0 Å². The van der Waals surface area contributed by atoms with Crippen molar-refractivity contribution in [1.29, 1.82) is 0 Å². The maximum Gasteiger partial charge on any atom is 0.318 e. The third-order valence-corrected chi connectivity index (χ3v) is 6.23. The maximum atomic E-state index is 12.6. The first kappa shape index (κ1) is 20.5. The molecule has 9 nitrogen and oxygen atoms in total. The van der Waals surface area contributed by atoms with Crippen molar-refractivity contribution < 1.29 is 14.3 Å². The van der Waals surface area contributed by atoms with E-state index in [0.29, 0.717) is 18.2 Å². The first-order valence-corrected chi connectivity index (χ1v) is 11.0. The van der Waals surface area contributed by atoms with Gasteiger partial charge in [-0.1, -0.05) is 29.5 Å². The molecule has 2 fully saturated rings. The van der Waals surface area contributed by atoms with Crippen molar-refractivity contribution >= 4 is 34.1 Å². The van der Waals surface area contributed by atoms with Gasteiger partial charge >= 0.3 is 6.03 Å². The minimum atomic E-state index is -0.681. The van der Waals surface area contributed by atoms with Gasteiger partial charge in [0.15, 0.2) is 0 Å². The number of para-hydroxylation sites is 1. The lowest BCUT2D eigenvalue weighted by atomic mass is 10.2. The van der Waals surface area contributed by atoms with Crippen LogP contribution in [0, 0.1) is 0 Å². The van der Waals surface area contributed by atoms with E-state index in [4.69, 9.17) is 4.74 Å². The lowest BCUT2D eigenvalue weighted by Gasteiger charge is -2.36. The molecule has 2 aromatic rings. The van der Waals surface area contributed by atoms with E-state index in [1.807, 2.05) is 18.2 Å². The van der Waals surface area contributed by atoms with Gasteiger partial charge in [-0.05, 0) is 31.9 Å². The average Bonchev–Trinajstić information content (AvgIpc) is 3.46. The van der Waals surface area contributed by atoms with Crippen LogP contribution in [-0.2, 0) is 9.53 Å². The normalized spacial score (nSPS) is 20.1. The fourth-order valence-electron chi connectivity index (χ4n) is 3.55. The van der Waals surface area contributed by atoms with E-state index in [0.717, 1.165) is 43.2 Å². The highest BCUT2D eigenvalue weighted by Gasteiger charge is 2.26. The molecule has 0 bridgehead atoms. The molecule has 0 saturated carbocycles. The predicted molar refractivity (Wildman–Crippen MR) is 115 cm³/mol. The second-order valence-electron chi connectivity index (χ2n) is 7.42. The number of anilines is 2. The number of rotatable bonds is 5. The number of ether oxygens (including phenoxy) is 1. The summed E-state index contributed by atoms with van der Waals surface area (Å²) in [6.45, 7) is 5.13. The Morgan fingerprint density at radius 2 is 1.93 bits per heavy atom. The average molecular weight is 431 g/mol. The van der Waals surface area contributed by atoms with E-state index in [1.165, 1.54) is 11.3 Å². The summed E-state index contributed by atoms with van der Waals surface area (Å²) in [6.07, 6.45) is 1.90. The van der Waals surface area contributed by atoms with Gasteiger partial charge in [-0.2, -0.15) is 0 Å². The van der Waals surface area contributed by atoms with E-state index < -0.39 is 6.04 Å². The van der Waals surface area contributed by atoms with E-state index in [9.17, 15) is 9.59 Å². The Hall–Kier alpha value is -2.72. The van der Waals surface area contributed by atoms with Crippen LogP contribution >= 0.6 is 11.3 Å². The Kier molecular flexibility index (Phi) is 6.44. The van der Waals surface area contributed by atoms with Crippen LogP contribution in [0.4, 0.5) is 15.6 Å². The highest BCUT2D eigenvalue weighted by molar-refractivity contribution is 7.15. The molecule has 160 valence electrons. The summed E-state index contributed by atoms with van der Waals surface area (Å²) < 4.78 is 5.59. The molecular formula is C20H26N6O3S. The van der Waals surface area contributed by atoms with Crippen LogP contribution in [0.2, 0.25) is 0 Å². The fraction of sp³-hybridized carbons (Fsp3) is 0.500. The molecule has 10 heteroatoms. The largest absolute Gasteiger partial charge is 0.371 e. The van der Waals surface area contributed by atoms with Gasteiger partial charge in [-0.3, -0.25) is 10.1 Å². The van der Waals surface area contributed by atoms with Crippen molar-refractivity contribution in [2.75, 3.05) is 43.0 Å². The number of piperazine rings is 1. The van der Waals surface area contributed by atoms with Crippen LogP contribution in [0.1, 0.15) is 30.9 Å². The van der Waals surface area contributed by atoms with Gasteiger partial charge in [-0.15, -0.1) is 10.2 Å². The number of hydrogen-bond acceptors (Lipinski definition) is 7. The molecule has 3 amide bonds. The Balaban J connectivity index is 1.24. The van der Waals surface area contributed by atoms with Crippen molar-refractivity contribution in [2.24, 2.45) is 0 Å². The number of nitrogens with zero attached hydrogens (tertiary/aromatic N) is 4. The molecule has 0 unspecified atom stereocenters. The van der Waals surface area contributed by atoms with Gasteiger partial charge in [0.05, 0.1) is 0 Å². The zero-order chi connectivity index (χ0) is 20.9. The minimum absolute atomic E-state index is 0.0279. The maximum absolute atomic E-state index is 12.6. The standard InChI is InChI=1S/C20H26N6O3S/c1-14(17(27)22-19-24-23-18(30-19)16-8-5-13-29-16)21-20(28)26-11-9-25(10-12-26)15-6-3-2-4-7-15/h2-4,6-7,14,16H,5,8-13H2,1H3,(H,21,28)(H,22,24,27)/t14-,16+/m1/s1. The molecule has 0 spiro atoms. The summed E-state index contributed by atoms with van der Waals surface area (Å²) in [5.74, 6) is -0.318. The lowest BCUT2D eigenvalue weighted by Crippen LogP contribution is -2.54. The third kappa shape index (κ3) is 4.88. The predicted octanol–water partition coefficient (Wildman–Crippen LogP) is 2.25. The Morgan fingerprint density at radius 3 is 2.63 bits per heavy atom. The highest BCUT2D eigenvalue weighted by atomic mass is 32.1. The minimum Gasteiger partial charge on any atom is -0.371 e. The Morgan fingerprint density at radius 1 is 1.17 bits per heavy atom. The van der Waals surface area contributed by atoms with Crippen LogP contribution in [0.15, 0.2) is 30.3 Å². The number of carbonyl (C=O) groups is 2. The van der Waals surface area contributed by atoms with Crippen molar-refractivity contribution in [1.82, 2.24) is 20.4 Å². The molecule has 2 saturated heterocycles. The SMILES string of the molecule is C[C@@H](NC(=O)N1CCN(c2ccccc2)CC1)C(=O)Nc1nnc([C@@H]2CCCO2)s1. The van der Waals surface area contributed by atoms with Gasteiger partial charge < -0.3 is 19.9 Å². The van der Waals surface area contributed by atoms with E-state index >= 15 is 0 Å². The second-order valence-corrected chi connectivity index (χ2v) is 8.43. The van der Waals surface area contributed by atoms with Crippen LogP contribution in [-0.4, -0.2) is 65.9 Å². The first-order chi connectivity index (χ1) is 14.6. The van der Waals surface area contributed by atoms with Gasteiger partial charge in [0.1, 0.15) is 17.2 Å². The molecule has 0 aliphatic carbocycles. The smallest absolute Gasteiger partial charge is 0.318 e. The molecule has 2 N–H and O–H groups in total. The quantitative estimate of drug-likeness (QED) is 0.755. The zero-order valence-corrected chi connectivity index (χ0v) is 17.7. The molecular weight excluding hydrogens is 404 g/mol. The van der Waals surface area contributed by atoms with Crippen LogP contribution in [0.25, 0.3) is 0 Å². The molecule has 30 heavy (non-hydrogen) atoms. The van der Waals surface area contributed by atoms with Gasteiger partial charge in [0.25, 0.3) is 0 Å². The number of amides is 3. The summed E-state index contributed by atoms with van der Waals surface area (Å²) in [5.41, 5.74) is 1.16. The van der Waals surface area contributed by atoms with E-state index in [2.05, 4.69) is 37.9 Å². The molecule has 4 rings (SSSR count). The van der Waals surface area contributed by atoms with Gasteiger partial charge in [0, 0.05) is 38.5 Å². The second kappa shape index (κ2) is 9.40. The molecule has 2 aliphatic heterocycles. The number of nitrogens with one attached hydrogen (secondary N) is 2. The van der Waals surface area contributed by atoms with Crippen LogP contribution < -0.4 is 15.5 Å². The molecule has 1 aromatic carbocycles. The number of hydrogen-bond donors (Lipinski definition) is 2. The summed E-state index contributed by atoms with van der Waals surface area (Å²) in [5, 5.41) is 14.8. The van der Waals surface area contributed by atoms with Gasteiger partial charge in [0.2, 0.25) is 11.0 Å². The summed E-state index contributed by atoms with van der Waals surface area (Å²) in [7, 11) is 0. The molecule has 2 aliphatic rings. The fourth-order valence-corrected chi connectivity index (χ4v) is 4.38. The van der Waals surface area contributed by atoms with Crippen molar-refractivity contribution in [3.8, 4) is 0 Å². The molecule has 2 atom stereocenters. The number of carbonyl (C=O) groups excluding carboxylic acids is 2. The van der Waals surface area contributed by atoms with E-state index in [-0.39, 0.29) is 18.0 Å². The zero-order valence-electron chi connectivity index (χ0n) is 16.9. The van der Waals surface area contributed by atoms with Crippen molar-refractivity contribution in [3.05, 3.63) is 35.3 Å². The summed E-state index contributed by atoms with van der Waals surface area (Å²) in [6, 6.07) is 9.24. The summed E-state index contributed by atoms with van der Waals surface area (Å²) >= 11 is 1.31. The van der Waals surface area contributed by atoms with Crippen molar-refractivity contribution in [2.45, 2.75) is 31.9 Å². The molecule has 0 radical (unpaired) electrons. The summed E-state index contributed by atoms with van der Waals surface area (Å²) in [4.78, 5) is 29.0. The van der Waals surface area contributed by atoms with Crippen LogP contribution in [0.3, 0.4) is 0 Å². The molecule has 3 heterocycles. The highest BCUT2D eigenvalue weighted by Crippen LogP contribution is 2.31. The molecule has 1 aromatic heterocycles. The first-order valence-electron chi connectivity index (χ1n) is 10.2. The number of urea groups is 1. The topological polar surface area (TPSA) is 99.7 Å². The van der Waals surface area contributed by atoms with E-state index in [1.54, 1.807) is 11.8 Å². The lowest BCUT2D eigenvalue weighted by molar-refractivity contribution is -0.117.